The van der Waals surface area contributed by atoms with Gasteiger partial charge in [-0.1, -0.05) is 0 Å². The zero-order valence-electron chi connectivity index (χ0n) is 8.32. The largest absolute Gasteiger partial charge is 0.480 e. The minimum Gasteiger partial charge on any atom is -0.480 e. The molecule has 5 heteroatoms. The molecule has 0 aromatic rings. The molecule has 1 aliphatic rings. The van der Waals surface area contributed by atoms with E-state index in [9.17, 15) is 9.59 Å². The number of nitrogens with two attached hydrogens (primary N) is 1. The molecule has 0 radical (unpaired) electrons. The van der Waals surface area contributed by atoms with Gasteiger partial charge in [-0.15, -0.1) is 12.3 Å². The SMILES string of the molecule is C#CCC(N)C(=O)NC1(C(=O)O)CCC1. The highest BCUT2D eigenvalue weighted by molar-refractivity contribution is 5.90. The normalized spacial score (nSPS) is 19.5. The van der Waals surface area contributed by atoms with Crippen LogP contribution in [0.2, 0.25) is 0 Å². The van der Waals surface area contributed by atoms with Gasteiger partial charge in [-0.25, -0.2) is 4.79 Å². The molecule has 0 bridgehead atoms. The van der Waals surface area contributed by atoms with Crippen LogP contribution in [0.25, 0.3) is 0 Å². The molecule has 0 heterocycles. The second-order valence-corrected chi connectivity index (χ2v) is 3.74. The Balaban J connectivity index is 2.57. The number of terminal acetylenes is 1. The molecule has 1 saturated carbocycles. The molecule has 1 fully saturated rings. The van der Waals surface area contributed by atoms with Gasteiger partial charge in [0.2, 0.25) is 5.91 Å². The molecule has 0 aromatic carbocycles. The van der Waals surface area contributed by atoms with Crippen LogP contribution in [-0.2, 0) is 9.59 Å². The van der Waals surface area contributed by atoms with E-state index in [0.717, 1.165) is 6.42 Å². The van der Waals surface area contributed by atoms with Gasteiger partial charge in [0.1, 0.15) is 5.54 Å². The molecule has 4 N–H and O–H groups in total. The summed E-state index contributed by atoms with van der Waals surface area (Å²) in [5, 5.41) is 11.4. The van der Waals surface area contributed by atoms with E-state index in [0.29, 0.717) is 12.8 Å². The van der Waals surface area contributed by atoms with Crippen molar-refractivity contribution in [2.45, 2.75) is 37.3 Å². The van der Waals surface area contributed by atoms with E-state index in [-0.39, 0.29) is 6.42 Å². The quantitative estimate of drug-likeness (QED) is 0.543. The molecule has 0 aromatic heterocycles. The summed E-state index contributed by atoms with van der Waals surface area (Å²) in [4.78, 5) is 22.4. The van der Waals surface area contributed by atoms with Crippen LogP contribution in [0.1, 0.15) is 25.7 Å². The fraction of sp³-hybridized carbons (Fsp3) is 0.600. The Bertz CT molecular complexity index is 315. The lowest BCUT2D eigenvalue weighted by Crippen LogP contribution is -2.61. The fourth-order valence-electron chi connectivity index (χ4n) is 1.47. The average Bonchev–Trinajstić information content (AvgIpc) is 2.10. The molecule has 1 aliphatic carbocycles. The van der Waals surface area contributed by atoms with Crippen LogP contribution >= 0.6 is 0 Å². The lowest BCUT2D eigenvalue weighted by Gasteiger charge is -2.38. The second kappa shape index (κ2) is 4.32. The standard InChI is InChI=1S/C10H14N2O3/c1-2-4-7(11)8(13)12-10(9(14)15)5-3-6-10/h1,7H,3-6,11H2,(H,12,13)(H,14,15). The minimum atomic E-state index is -1.11. The van der Waals surface area contributed by atoms with E-state index in [2.05, 4.69) is 11.2 Å². The highest BCUT2D eigenvalue weighted by Gasteiger charge is 2.46. The summed E-state index contributed by atoms with van der Waals surface area (Å²) in [6.07, 6.45) is 6.84. The van der Waals surface area contributed by atoms with E-state index < -0.39 is 23.5 Å². The molecule has 1 unspecified atom stereocenters. The highest BCUT2D eigenvalue weighted by atomic mass is 16.4. The van der Waals surface area contributed by atoms with Crippen molar-refractivity contribution >= 4 is 11.9 Å². The summed E-state index contributed by atoms with van der Waals surface area (Å²) in [7, 11) is 0. The topological polar surface area (TPSA) is 92.4 Å². The predicted octanol–water partition coefficient (Wildman–Crippen LogP) is -0.539. The van der Waals surface area contributed by atoms with Crippen LogP contribution in [0.4, 0.5) is 0 Å². The van der Waals surface area contributed by atoms with Crippen LogP contribution in [0.5, 0.6) is 0 Å². The number of hydrogen-bond donors (Lipinski definition) is 3. The first-order valence-corrected chi connectivity index (χ1v) is 4.76. The molecule has 5 nitrogen and oxygen atoms in total. The number of carbonyl (C=O) groups is 2. The van der Waals surface area contributed by atoms with Crippen molar-refractivity contribution < 1.29 is 14.7 Å². The number of rotatable bonds is 4. The van der Waals surface area contributed by atoms with Crippen LogP contribution in [0, 0.1) is 12.3 Å². The van der Waals surface area contributed by atoms with Gasteiger partial charge < -0.3 is 16.2 Å². The van der Waals surface area contributed by atoms with E-state index in [1.165, 1.54) is 0 Å². The van der Waals surface area contributed by atoms with Crippen LogP contribution in [-0.4, -0.2) is 28.6 Å². The monoisotopic (exact) mass is 210 g/mol. The zero-order chi connectivity index (χ0) is 11.5. The number of amides is 1. The van der Waals surface area contributed by atoms with E-state index in [1.807, 2.05) is 0 Å². The van der Waals surface area contributed by atoms with Gasteiger partial charge in [0, 0.05) is 6.42 Å². The summed E-state index contributed by atoms with van der Waals surface area (Å²) >= 11 is 0. The number of nitrogens with one attached hydrogen (secondary N) is 1. The lowest BCUT2D eigenvalue weighted by molar-refractivity contribution is -0.152. The number of carbonyl (C=O) groups excluding carboxylic acids is 1. The van der Waals surface area contributed by atoms with Crippen LogP contribution in [0.15, 0.2) is 0 Å². The molecular weight excluding hydrogens is 196 g/mol. The Labute approximate surface area is 88.0 Å². The van der Waals surface area contributed by atoms with Crippen molar-refractivity contribution in [2.24, 2.45) is 5.73 Å². The van der Waals surface area contributed by atoms with E-state index >= 15 is 0 Å². The van der Waals surface area contributed by atoms with Crippen molar-refractivity contribution in [1.29, 1.82) is 0 Å². The summed E-state index contributed by atoms with van der Waals surface area (Å²) in [5.74, 6) is 0.771. The molecule has 1 rings (SSSR count). The van der Waals surface area contributed by atoms with Crippen molar-refractivity contribution in [3.8, 4) is 12.3 Å². The summed E-state index contributed by atoms with van der Waals surface area (Å²) in [6.45, 7) is 0. The third-order valence-corrected chi connectivity index (χ3v) is 2.65. The Morgan fingerprint density at radius 2 is 2.20 bits per heavy atom. The Kier molecular flexibility index (Phi) is 3.32. The molecule has 0 aliphatic heterocycles. The third kappa shape index (κ3) is 2.28. The van der Waals surface area contributed by atoms with Crippen molar-refractivity contribution in [1.82, 2.24) is 5.32 Å². The maximum Gasteiger partial charge on any atom is 0.329 e. The maximum atomic E-state index is 11.5. The fourth-order valence-corrected chi connectivity index (χ4v) is 1.47. The van der Waals surface area contributed by atoms with Gasteiger partial charge in [0.05, 0.1) is 6.04 Å². The lowest BCUT2D eigenvalue weighted by atomic mass is 9.76. The van der Waals surface area contributed by atoms with E-state index in [1.54, 1.807) is 0 Å². The summed E-state index contributed by atoms with van der Waals surface area (Å²) in [5.41, 5.74) is 4.36. The number of hydrogen-bond acceptors (Lipinski definition) is 3. The van der Waals surface area contributed by atoms with Crippen LogP contribution in [0.3, 0.4) is 0 Å². The molecule has 82 valence electrons. The van der Waals surface area contributed by atoms with Gasteiger partial charge >= 0.3 is 5.97 Å². The van der Waals surface area contributed by atoms with Gasteiger partial charge in [0.25, 0.3) is 0 Å². The van der Waals surface area contributed by atoms with Crippen molar-refractivity contribution in [3.63, 3.8) is 0 Å². The Morgan fingerprint density at radius 1 is 1.60 bits per heavy atom. The van der Waals surface area contributed by atoms with Crippen molar-refractivity contribution in [2.75, 3.05) is 0 Å². The molecule has 0 spiro atoms. The maximum absolute atomic E-state index is 11.5. The number of carboxylic acids is 1. The molecule has 1 amide bonds. The molecule has 15 heavy (non-hydrogen) atoms. The third-order valence-electron chi connectivity index (χ3n) is 2.65. The van der Waals surface area contributed by atoms with Gasteiger partial charge in [-0.3, -0.25) is 4.79 Å². The van der Waals surface area contributed by atoms with Crippen LogP contribution < -0.4 is 11.1 Å². The Hall–Kier alpha value is -1.54. The summed E-state index contributed by atoms with van der Waals surface area (Å²) in [6, 6.07) is -0.827. The first kappa shape index (κ1) is 11.5. The smallest absolute Gasteiger partial charge is 0.329 e. The predicted molar refractivity (Wildman–Crippen MR) is 53.8 cm³/mol. The van der Waals surface area contributed by atoms with Gasteiger partial charge in [-0.05, 0) is 19.3 Å². The number of carboxylic acid groups (broad SMARTS) is 1. The second-order valence-electron chi connectivity index (χ2n) is 3.74. The average molecular weight is 210 g/mol. The van der Waals surface area contributed by atoms with Gasteiger partial charge in [0.15, 0.2) is 0 Å². The first-order chi connectivity index (χ1) is 7.02. The number of aliphatic carboxylic acids is 1. The highest BCUT2D eigenvalue weighted by Crippen LogP contribution is 2.32. The molecule has 0 saturated heterocycles. The molecular formula is C10H14N2O3. The Morgan fingerprint density at radius 3 is 2.53 bits per heavy atom. The minimum absolute atomic E-state index is 0.113. The summed E-state index contributed by atoms with van der Waals surface area (Å²) < 4.78 is 0. The first-order valence-electron chi connectivity index (χ1n) is 4.76. The zero-order valence-corrected chi connectivity index (χ0v) is 8.32. The van der Waals surface area contributed by atoms with Gasteiger partial charge in [-0.2, -0.15) is 0 Å². The molecule has 1 atom stereocenters. The van der Waals surface area contributed by atoms with E-state index in [4.69, 9.17) is 17.3 Å². The van der Waals surface area contributed by atoms with Crippen molar-refractivity contribution in [3.05, 3.63) is 0 Å².